The second-order valence-corrected chi connectivity index (χ2v) is 9.02. The van der Waals surface area contributed by atoms with Crippen LogP contribution >= 0.6 is 0 Å². The zero-order valence-electron chi connectivity index (χ0n) is 16.1. The van der Waals surface area contributed by atoms with Crippen molar-refractivity contribution >= 4 is 27.5 Å². The van der Waals surface area contributed by atoms with E-state index in [-0.39, 0.29) is 37.8 Å². The van der Waals surface area contributed by atoms with Gasteiger partial charge in [-0.15, -0.1) is 10.2 Å². The Morgan fingerprint density at radius 3 is 2.42 bits per heavy atom. The summed E-state index contributed by atoms with van der Waals surface area (Å²) < 4.78 is 68.0. The van der Waals surface area contributed by atoms with Crippen LogP contribution < -0.4 is 5.32 Å². The minimum atomic E-state index is -4.79. The Hall–Kier alpha value is -2.99. The molecule has 0 radical (unpaired) electrons. The Kier molecular flexibility index (Phi) is 5.43. The van der Waals surface area contributed by atoms with Crippen LogP contribution in [0.5, 0.6) is 0 Å². The molecule has 0 saturated carbocycles. The maximum absolute atomic E-state index is 13.3. The number of carbonyl (C=O) groups is 1. The molecule has 0 unspecified atom stereocenters. The molecule has 1 amide bonds. The van der Waals surface area contributed by atoms with Crippen LogP contribution in [-0.2, 0) is 21.0 Å². The largest absolute Gasteiger partial charge is 0.417 e. The summed E-state index contributed by atoms with van der Waals surface area (Å²) in [6.45, 7) is -0.125. The van der Waals surface area contributed by atoms with Gasteiger partial charge >= 0.3 is 6.18 Å². The lowest BCUT2D eigenvalue weighted by Gasteiger charge is -2.31. The molecule has 1 aliphatic heterocycles. The van der Waals surface area contributed by atoms with Gasteiger partial charge in [0.05, 0.1) is 10.5 Å². The van der Waals surface area contributed by atoms with Crippen molar-refractivity contribution in [1.29, 1.82) is 0 Å². The molecular formula is C19H18F3N5O3S. The Balaban J connectivity index is 1.45. The van der Waals surface area contributed by atoms with Crippen LogP contribution in [0.25, 0.3) is 5.65 Å². The molecule has 1 aliphatic rings. The molecule has 2 aromatic heterocycles. The summed E-state index contributed by atoms with van der Waals surface area (Å²) in [5.74, 6) is -0.596. The number of hydrogen-bond acceptors (Lipinski definition) is 5. The van der Waals surface area contributed by atoms with Gasteiger partial charge in [-0.2, -0.15) is 17.5 Å². The number of piperidine rings is 1. The highest BCUT2D eigenvalue weighted by Crippen LogP contribution is 2.36. The molecule has 0 atom stereocenters. The highest BCUT2D eigenvalue weighted by molar-refractivity contribution is 7.89. The van der Waals surface area contributed by atoms with Crippen molar-refractivity contribution in [1.82, 2.24) is 18.9 Å². The third-order valence-corrected chi connectivity index (χ3v) is 7.14. The average Bonchev–Trinajstić information content (AvgIpc) is 3.16. The number of benzene rings is 1. The summed E-state index contributed by atoms with van der Waals surface area (Å²) in [6, 6.07) is 9.36. The molecule has 164 valence electrons. The Labute approximate surface area is 175 Å². The summed E-state index contributed by atoms with van der Waals surface area (Å²) in [5, 5.41) is 10.5. The molecule has 1 fully saturated rings. The fourth-order valence-electron chi connectivity index (χ4n) is 3.56. The number of anilines is 1. The molecule has 31 heavy (non-hydrogen) atoms. The lowest BCUT2D eigenvalue weighted by Crippen LogP contribution is -2.42. The van der Waals surface area contributed by atoms with Gasteiger partial charge in [-0.05, 0) is 37.1 Å². The Bertz CT molecular complexity index is 1220. The van der Waals surface area contributed by atoms with E-state index in [0.717, 1.165) is 22.5 Å². The van der Waals surface area contributed by atoms with Crippen molar-refractivity contribution in [3.8, 4) is 0 Å². The number of carbonyl (C=O) groups excluding carboxylic acids is 1. The number of nitrogens with zero attached hydrogens (tertiary/aromatic N) is 4. The van der Waals surface area contributed by atoms with Crippen molar-refractivity contribution < 1.29 is 26.4 Å². The number of rotatable bonds is 4. The molecule has 4 rings (SSSR count). The second kappa shape index (κ2) is 7.93. The number of alkyl halides is 3. The number of halogens is 3. The minimum Gasteiger partial charge on any atom is -0.294 e. The minimum absolute atomic E-state index is 0.0623. The highest BCUT2D eigenvalue weighted by atomic mass is 32.2. The molecule has 0 bridgehead atoms. The summed E-state index contributed by atoms with van der Waals surface area (Å²) >= 11 is 0. The predicted octanol–water partition coefficient (Wildman–Crippen LogP) is 2.79. The van der Waals surface area contributed by atoms with Gasteiger partial charge in [0.2, 0.25) is 21.9 Å². The first-order chi connectivity index (χ1) is 14.7. The SMILES string of the molecule is O=C(Nc1nnc2ccccn12)C1CCN(S(=O)(=O)c2ccccc2C(F)(F)F)CC1. The molecule has 0 aliphatic carbocycles. The molecule has 1 aromatic carbocycles. The summed E-state index contributed by atoms with van der Waals surface area (Å²) in [6.07, 6.45) is -2.74. The van der Waals surface area contributed by atoms with Crippen molar-refractivity contribution in [2.75, 3.05) is 18.4 Å². The van der Waals surface area contributed by atoms with Crippen LogP contribution in [0.1, 0.15) is 18.4 Å². The number of hydrogen-bond donors (Lipinski definition) is 1. The van der Waals surface area contributed by atoms with Crippen LogP contribution in [0.4, 0.5) is 19.1 Å². The number of amides is 1. The number of pyridine rings is 1. The molecule has 1 saturated heterocycles. The Morgan fingerprint density at radius 1 is 1.03 bits per heavy atom. The first-order valence-corrected chi connectivity index (χ1v) is 10.9. The van der Waals surface area contributed by atoms with Gasteiger partial charge in [-0.25, -0.2) is 8.42 Å². The predicted molar refractivity (Wildman–Crippen MR) is 105 cm³/mol. The molecule has 12 heteroatoms. The van der Waals surface area contributed by atoms with Gasteiger partial charge in [0.15, 0.2) is 5.65 Å². The standard InChI is InChI=1S/C19H18F3N5O3S/c20-19(21,22)14-5-1-2-6-15(14)31(29,30)26-11-8-13(9-12-26)17(28)23-18-25-24-16-7-3-4-10-27(16)18/h1-7,10,13H,8-9,11-12H2,(H,23,25,28). The lowest BCUT2D eigenvalue weighted by molar-refractivity contribution is -0.139. The van der Waals surface area contributed by atoms with E-state index < -0.39 is 32.6 Å². The fraction of sp³-hybridized carbons (Fsp3) is 0.316. The van der Waals surface area contributed by atoms with E-state index in [1.165, 1.54) is 6.07 Å². The highest BCUT2D eigenvalue weighted by Gasteiger charge is 2.40. The third kappa shape index (κ3) is 4.12. The molecule has 0 spiro atoms. The third-order valence-electron chi connectivity index (χ3n) is 5.18. The van der Waals surface area contributed by atoms with E-state index in [4.69, 9.17) is 0 Å². The summed E-state index contributed by atoms with van der Waals surface area (Å²) in [4.78, 5) is 11.8. The maximum Gasteiger partial charge on any atom is 0.417 e. The first kappa shape index (κ1) is 21.2. The number of nitrogens with one attached hydrogen (secondary N) is 1. The smallest absolute Gasteiger partial charge is 0.294 e. The van der Waals surface area contributed by atoms with Crippen LogP contribution in [0.3, 0.4) is 0 Å². The van der Waals surface area contributed by atoms with Crippen LogP contribution in [0.15, 0.2) is 53.6 Å². The van der Waals surface area contributed by atoms with E-state index in [0.29, 0.717) is 5.65 Å². The van der Waals surface area contributed by atoms with Crippen molar-refractivity contribution in [3.05, 3.63) is 54.2 Å². The quantitative estimate of drug-likeness (QED) is 0.655. The van der Waals surface area contributed by atoms with Gasteiger partial charge in [0, 0.05) is 25.2 Å². The fourth-order valence-corrected chi connectivity index (χ4v) is 5.24. The van der Waals surface area contributed by atoms with E-state index in [1.807, 2.05) is 0 Å². The number of sulfonamides is 1. The van der Waals surface area contributed by atoms with E-state index in [9.17, 15) is 26.4 Å². The second-order valence-electron chi connectivity index (χ2n) is 7.11. The Morgan fingerprint density at radius 2 is 1.71 bits per heavy atom. The van der Waals surface area contributed by atoms with Gasteiger partial charge in [-0.1, -0.05) is 18.2 Å². The van der Waals surface area contributed by atoms with Gasteiger partial charge in [-0.3, -0.25) is 14.5 Å². The monoisotopic (exact) mass is 453 g/mol. The van der Waals surface area contributed by atoms with Crippen LogP contribution in [0.2, 0.25) is 0 Å². The van der Waals surface area contributed by atoms with Crippen molar-refractivity contribution in [2.24, 2.45) is 5.92 Å². The molecule has 3 heterocycles. The molecular weight excluding hydrogens is 435 g/mol. The van der Waals surface area contributed by atoms with Crippen molar-refractivity contribution in [3.63, 3.8) is 0 Å². The van der Waals surface area contributed by atoms with Gasteiger partial charge in [0.1, 0.15) is 0 Å². The number of fused-ring (bicyclic) bond motifs is 1. The van der Waals surface area contributed by atoms with Crippen LogP contribution in [0, 0.1) is 5.92 Å². The topological polar surface area (TPSA) is 96.7 Å². The molecule has 8 nitrogen and oxygen atoms in total. The van der Waals surface area contributed by atoms with E-state index in [2.05, 4.69) is 15.5 Å². The zero-order valence-corrected chi connectivity index (χ0v) is 16.9. The zero-order chi connectivity index (χ0) is 22.2. The van der Waals surface area contributed by atoms with E-state index in [1.54, 1.807) is 28.8 Å². The first-order valence-electron chi connectivity index (χ1n) is 9.45. The summed E-state index contributed by atoms with van der Waals surface area (Å²) in [7, 11) is -4.35. The van der Waals surface area contributed by atoms with E-state index >= 15 is 0 Å². The average molecular weight is 453 g/mol. The van der Waals surface area contributed by atoms with Crippen LogP contribution in [-0.4, -0.2) is 46.3 Å². The molecule has 1 N–H and O–H groups in total. The van der Waals surface area contributed by atoms with Gasteiger partial charge in [0.25, 0.3) is 0 Å². The molecule has 3 aromatic rings. The normalized spacial score (nSPS) is 16.5. The van der Waals surface area contributed by atoms with Crippen molar-refractivity contribution in [2.45, 2.75) is 23.9 Å². The maximum atomic E-state index is 13.3. The van der Waals surface area contributed by atoms with Gasteiger partial charge < -0.3 is 0 Å². The lowest BCUT2D eigenvalue weighted by atomic mass is 9.97. The summed E-state index contributed by atoms with van der Waals surface area (Å²) in [5.41, 5.74) is -0.643. The number of aromatic nitrogens is 3.